The average Bonchev–Trinajstić information content (AvgIpc) is 3.21. The molecule has 0 amide bonds. The smallest absolute Gasteiger partial charge is 0.404 e. The fourth-order valence-corrected chi connectivity index (χ4v) is 3.98. The van der Waals surface area contributed by atoms with Gasteiger partial charge in [-0.25, -0.2) is 0 Å². The van der Waals surface area contributed by atoms with Crippen LogP contribution < -0.4 is 5.46 Å². The second-order valence-electron chi connectivity index (χ2n) is 8.36. The van der Waals surface area contributed by atoms with E-state index in [4.69, 9.17) is 9.31 Å². The molecule has 3 aromatic carbocycles. The Kier molecular flexibility index (Phi) is 5.35. The number of hydrogen-bond acceptors (Lipinski definition) is 3. The third-order valence-corrected chi connectivity index (χ3v) is 6.22. The molecule has 0 N–H and O–H groups in total. The van der Waals surface area contributed by atoms with Gasteiger partial charge in [0.15, 0.2) is 0 Å². The summed E-state index contributed by atoms with van der Waals surface area (Å²) >= 11 is 0. The van der Waals surface area contributed by atoms with Crippen LogP contribution in [0, 0.1) is 0 Å². The van der Waals surface area contributed by atoms with Gasteiger partial charge >= 0.3 is 7.12 Å². The van der Waals surface area contributed by atoms with E-state index in [2.05, 4.69) is 106 Å². The molecule has 1 aliphatic rings. The van der Waals surface area contributed by atoms with Crippen LogP contribution in [0.5, 0.6) is 0 Å². The van der Waals surface area contributed by atoms with E-state index in [0.29, 0.717) is 6.61 Å². The van der Waals surface area contributed by atoms with Crippen molar-refractivity contribution in [2.24, 2.45) is 0 Å². The number of rotatable bonds is 5. The van der Waals surface area contributed by atoms with Crippen molar-refractivity contribution in [2.75, 3.05) is 20.7 Å². The summed E-state index contributed by atoms with van der Waals surface area (Å²) in [7, 11) is 3.78. The van der Waals surface area contributed by atoms with Gasteiger partial charge < -0.3 is 14.2 Å². The van der Waals surface area contributed by atoms with Gasteiger partial charge in [0.05, 0.1) is 6.61 Å². The molecule has 0 spiro atoms. The van der Waals surface area contributed by atoms with Crippen LogP contribution in [0.1, 0.15) is 30.5 Å². The van der Waals surface area contributed by atoms with E-state index >= 15 is 0 Å². The van der Waals surface area contributed by atoms with Crippen molar-refractivity contribution in [1.29, 1.82) is 0 Å². The first kappa shape index (κ1) is 19.9. The highest BCUT2D eigenvalue weighted by atomic mass is 16.7. The van der Waals surface area contributed by atoms with Crippen LogP contribution in [-0.4, -0.2) is 32.7 Å². The molecule has 0 aliphatic carbocycles. The van der Waals surface area contributed by atoms with Gasteiger partial charge in [0, 0.05) is 5.54 Å². The SMILES string of the molecule is CN(C)C(C)(C)c1ccccc1B1OCC(c2ccccc2)(c2ccccc2)O1. The van der Waals surface area contributed by atoms with Crippen molar-refractivity contribution in [2.45, 2.75) is 25.0 Å². The quantitative estimate of drug-likeness (QED) is 0.616. The third kappa shape index (κ3) is 3.53. The highest BCUT2D eigenvalue weighted by Crippen LogP contribution is 2.39. The van der Waals surface area contributed by atoms with Gasteiger partial charge in [0.1, 0.15) is 5.60 Å². The van der Waals surface area contributed by atoms with Crippen molar-refractivity contribution in [1.82, 2.24) is 4.90 Å². The summed E-state index contributed by atoms with van der Waals surface area (Å²) in [5.74, 6) is 0. The number of nitrogens with zero attached hydrogens (tertiary/aromatic N) is 1. The van der Waals surface area contributed by atoms with Crippen molar-refractivity contribution in [3.63, 3.8) is 0 Å². The molecule has 0 radical (unpaired) electrons. The zero-order chi connectivity index (χ0) is 20.5. The lowest BCUT2D eigenvalue weighted by Crippen LogP contribution is -2.45. The molecule has 3 nitrogen and oxygen atoms in total. The highest BCUT2D eigenvalue weighted by Gasteiger charge is 2.48. The van der Waals surface area contributed by atoms with Crippen LogP contribution in [0.15, 0.2) is 84.9 Å². The largest absolute Gasteiger partial charge is 0.495 e. The van der Waals surface area contributed by atoms with E-state index in [1.807, 2.05) is 12.1 Å². The molecule has 0 aromatic heterocycles. The molecule has 0 bridgehead atoms. The Bertz CT molecular complexity index is 917. The molecular formula is C25H28BNO2. The molecule has 148 valence electrons. The summed E-state index contributed by atoms with van der Waals surface area (Å²) in [6.07, 6.45) is 0. The second kappa shape index (κ2) is 7.79. The molecule has 1 aliphatic heterocycles. The maximum absolute atomic E-state index is 6.78. The molecule has 0 atom stereocenters. The van der Waals surface area contributed by atoms with Gasteiger partial charge in [-0.3, -0.25) is 0 Å². The Labute approximate surface area is 174 Å². The van der Waals surface area contributed by atoms with Crippen LogP contribution >= 0.6 is 0 Å². The van der Waals surface area contributed by atoms with E-state index < -0.39 is 12.7 Å². The summed E-state index contributed by atoms with van der Waals surface area (Å²) in [5, 5.41) is 0. The molecule has 1 saturated heterocycles. The van der Waals surface area contributed by atoms with Crippen LogP contribution in [0.4, 0.5) is 0 Å². The number of benzene rings is 3. The predicted octanol–water partition coefficient (Wildman–Crippen LogP) is 4.17. The van der Waals surface area contributed by atoms with Crippen LogP contribution in [0.25, 0.3) is 0 Å². The standard InChI is InChI=1S/C25H28BNO2/c1-24(2,27(3)4)22-17-11-12-18-23(22)26-28-19-25(29-26,20-13-7-5-8-14-20)21-15-9-6-10-16-21/h5-18H,19H2,1-4H3. The van der Waals surface area contributed by atoms with Crippen molar-refractivity contribution in [3.8, 4) is 0 Å². The predicted molar refractivity (Wildman–Crippen MR) is 119 cm³/mol. The normalized spacial score (nSPS) is 16.4. The van der Waals surface area contributed by atoms with E-state index in [-0.39, 0.29) is 5.54 Å². The van der Waals surface area contributed by atoms with E-state index in [0.717, 1.165) is 16.6 Å². The lowest BCUT2D eigenvalue weighted by atomic mass is 9.71. The lowest BCUT2D eigenvalue weighted by Gasteiger charge is -2.35. The maximum Gasteiger partial charge on any atom is 0.495 e. The summed E-state index contributed by atoms with van der Waals surface area (Å²) in [5.41, 5.74) is 3.75. The Morgan fingerprint density at radius 3 is 1.86 bits per heavy atom. The molecule has 1 heterocycles. The fraction of sp³-hybridized carbons (Fsp3) is 0.280. The van der Waals surface area contributed by atoms with E-state index in [1.54, 1.807) is 0 Å². The highest BCUT2D eigenvalue weighted by molar-refractivity contribution is 6.62. The molecule has 29 heavy (non-hydrogen) atoms. The van der Waals surface area contributed by atoms with Gasteiger partial charge in [0.2, 0.25) is 0 Å². The third-order valence-electron chi connectivity index (χ3n) is 6.22. The average molecular weight is 385 g/mol. The van der Waals surface area contributed by atoms with E-state index in [1.165, 1.54) is 5.56 Å². The Morgan fingerprint density at radius 1 is 0.793 bits per heavy atom. The molecule has 0 saturated carbocycles. The molecular weight excluding hydrogens is 357 g/mol. The van der Waals surface area contributed by atoms with Gasteiger partial charge in [-0.05, 0) is 50.1 Å². The lowest BCUT2D eigenvalue weighted by molar-refractivity contribution is 0.138. The first-order valence-electron chi connectivity index (χ1n) is 10.1. The minimum Gasteiger partial charge on any atom is -0.404 e. The minimum absolute atomic E-state index is 0.145. The number of hydrogen-bond donors (Lipinski definition) is 0. The summed E-state index contributed by atoms with van der Waals surface area (Å²) in [4.78, 5) is 2.22. The Morgan fingerprint density at radius 2 is 1.31 bits per heavy atom. The van der Waals surface area contributed by atoms with Crippen molar-refractivity contribution >= 4 is 12.6 Å². The topological polar surface area (TPSA) is 21.7 Å². The zero-order valence-corrected chi connectivity index (χ0v) is 17.6. The molecule has 3 aromatic rings. The molecule has 0 unspecified atom stereocenters. The van der Waals surface area contributed by atoms with Crippen LogP contribution in [0.2, 0.25) is 0 Å². The van der Waals surface area contributed by atoms with Gasteiger partial charge in [-0.15, -0.1) is 0 Å². The maximum atomic E-state index is 6.78. The Balaban J connectivity index is 1.78. The molecule has 4 rings (SSSR count). The minimum atomic E-state index is -0.622. The molecule has 4 heteroatoms. The first-order valence-corrected chi connectivity index (χ1v) is 10.1. The molecule has 1 fully saturated rings. The summed E-state index contributed by atoms with van der Waals surface area (Å²) in [6.45, 7) is 4.92. The van der Waals surface area contributed by atoms with Gasteiger partial charge in [-0.2, -0.15) is 0 Å². The summed E-state index contributed by atoms with van der Waals surface area (Å²) in [6, 6.07) is 29.2. The Hall–Kier alpha value is -2.40. The van der Waals surface area contributed by atoms with Crippen molar-refractivity contribution < 1.29 is 9.31 Å². The summed E-state index contributed by atoms with van der Waals surface area (Å²) < 4.78 is 13.1. The zero-order valence-electron chi connectivity index (χ0n) is 17.6. The van der Waals surface area contributed by atoms with Crippen LogP contribution in [0.3, 0.4) is 0 Å². The fourth-order valence-electron chi connectivity index (χ4n) is 3.98. The van der Waals surface area contributed by atoms with Gasteiger partial charge in [-0.1, -0.05) is 84.9 Å². The van der Waals surface area contributed by atoms with Crippen LogP contribution in [-0.2, 0) is 20.4 Å². The van der Waals surface area contributed by atoms with E-state index in [9.17, 15) is 0 Å². The monoisotopic (exact) mass is 385 g/mol. The first-order chi connectivity index (χ1) is 13.9. The second-order valence-corrected chi connectivity index (χ2v) is 8.36. The van der Waals surface area contributed by atoms with Crippen molar-refractivity contribution in [3.05, 3.63) is 102 Å². The van der Waals surface area contributed by atoms with Gasteiger partial charge in [0.25, 0.3) is 0 Å².